The van der Waals surface area contributed by atoms with Crippen molar-refractivity contribution in [3.8, 4) is 0 Å². The average Bonchev–Trinajstić information content (AvgIpc) is 3.03. The van der Waals surface area contributed by atoms with Gasteiger partial charge in [-0.1, -0.05) is 12.1 Å². The van der Waals surface area contributed by atoms with E-state index in [4.69, 9.17) is 0 Å². The number of carbonyl (C=O) groups is 2. The van der Waals surface area contributed by atoms with E-state index in [1.165, 1.54) is 24.3 Å². The van der Waals surface area contributed by atoms with Crippen molar-refractivity contribution in [2.45, 2.75) is 38.9 Å². The molecule has 1 aromatic heterocycles. The van der Waals surface area contributed by atoms with E-state index in [-0.39, 0.29) is 5.78 Å². The summed E-state index contributed by atoms with van der Waals surface area (Å²) in [5, 5.41) is 6.79. The lowest BCUT2D eigenvalue weighted by Crippen LogP contribution is -2.09. The lowest BCUT2D eigenvalue weighted by Gasteiger charge is -2.05. The van der Waals surface area contributed by atoms with E-state index in [1.807, 2.05) is 0 Å². The Balaban J connectivity index is 1.83. The predicted octanol–water partition coefficient (Wildman–Crippen LogP) is 4.31. The summed E-state index contributed by atoms with van der Waals surface area (Å²) in [4.78, 5) is 22.8. The number of unbranched alkanes of at least 4 members (excludes halogenated alkanes) is 1. The molecule has 144 valence electrons. The maximum Gasteiger partial charge on any atom is 0.416 e. The summed E-state index contributed by atoms with van der Waals surface area (Å²) in [6, 6.07) is 6.16. The second kappa shape index (κ2) is 9.16. The Morgan fingerprint density at radius 1 is 1.15 bits per heavy atom. The summed E-state index contributed by atoms with van der Waals surface area (Å²) in [5.41, 5.74) is -0.257. The molecule has 2 rings (SSSR count). The molecule has 1 N–H and O–H groups in total. The Bertz CT molecular complexity index is 808. The number of hydrogen-bond acceptors (Lipinski definition) is 3. The van der Waals surface area contributed by atoms with Gasteiger partial charge in [0.05, 0.1) is 5.56 Å². The SMILES string of the molecule is CC(=O)CCCCn1ccc(NC(=O)/C=C/c2ccc(C(F)(F)F)cc2)n1. The zero-order valence-corrected chi connectivity index (χ0v) is 14.8. The van der Waals surface area contributed by atoms with E-state index < -0.39 is 17.6 Å². The number of benzene rings is 1. The van der Waals surface area contributed by atoms with E-state index in [0.717, 1.165) is 25.0 Å². The number of carbonyl (C=O) groups excluding carboxylic acids is 2. The summed E-state index contributed by atoms with van der Waals surface area (Å²) >= 11 is 0. The highest BCUT2D eigenvalue weighted by molar-refractivity contribution is 6.01. The molecule has 0 radical (unpaired) electrons. The first-order valence-corrected chi connectivity index (χ1v) is 8.43. The van der Waals surface area contributed by atoms with E-state index in [1.54, 1.807) is 23.9 Å². The number of ketones is 1. The Hall–Kier alpha value is -2.90. The summed E-state index contributed by atoms with van der Waals surface area (Å²) in [5.74, 6) is 0.101. The number of hydrogen-bond donors (Lipinski definition) is 1. The van der Waals surface area contributed by atoms with Crippen LogP contribution < -0.4 is 5.32 Å². The molecular formula is C19H20F3N3O2. The van der Waals surface area contributed by atoms with Crippen molar-refractivity contribution in [1.82, 2.24) is 9.78 Å². The summed E-state index contributed by atoms with van der Waals surface area (Å²) in [7, 11) is 0. The minimum atomic E-state index is -4.38. The van der Waals surface area contributed by atoms with Gasteiger partial charge in [-0.3, -0.25) is 9.48 Å². The zero-order chi connectivity index (χ0) is 19.9. The molecule has 0 atom stereocenters. The summed E-state index contributed by atoms with van der Waals surface area (Å²) in [6.45, 7) is 2.20. The zero-order valence-electron chi connectivity index (χ0n) is 14.8. The van der Waals surface area contributed by atoms with Crippen LogP contribution in [0.4, 0.5) is 19.0 Å². The van der Waals surface area contributed by atoms with Crippen molar-refractivity contribution in [2.24, 2.45) is 0 Å². The smallest absolute Gasteiger partial charge is 0.306 e. The molecule has 2 aromatic rings. The molecule has 0 unspecified atom stereocenters. The third-order valence-corrected chi connectivity index (χ3v) is 3.72. The molecule has 0 saturated heterocycles. The molecule has 0 aliphatic heterocycles. The van der Waals surface area contributed by atoms with Crippen LogP contribution in [0.2, 0.25) is 0 Å². The Labute approximate surface area is 154 Å². The molecule has 27 heavy (non-hydrogen) atoms. The number of halogens is 3. The van der Waals surface area contributed by atoms with Crippen molar-refractivity contribution in [3.05, 3.63) is 53.7 Å². The van der Waals surface area contributed by atoms with Gasteiger partial charge >= 0.3 is 6.18 Å². The molecule has 1 aromatic carbocycles. The van der Waals surface area contributed by atoms with Gasteiger partial charge in [0.1, 0.15) is 5.78 Å². The third kappa shape index (κ3) is 7.08. The highest BCUT2D eigenvalue weighted by atomic mass is 19.4. The minimum absolute atomic E-state index is 0.156. The van der Waals surface area contributed by atoms with E-state index in [0.29, 0.717) is 24.3 Å². The number of amides is 1. The number of rotatable bonds is 8. The normalized spacial score (nSPS) is 11.7. The maximum atomic E-state index is 12.5. The molecule has 5 nitrogen and oxygen atoms in total. The number of nitrogens with zero attached hydrogens (tertiary/aromatic N) is 2. The molecular weight excluding hydrogens is 359 g/mol. The Morgan fingerprint density at radius 2 is 1.85 bits per heavy atom. The Morgan fingerprint density at radius 3 is 2.48 bits per heavy atom. The molecule has 1 amide bonds. The quantitative estimate of drug-likeness (QED) is 0.549. The van der Waals surface area contributed by atoms with E-state index in [2.05, 4.69) is 10.4 Å². The number of aromatic nitrogens is 2. The summed E-state index contributed by atoms with van der Waals surface area (Å²) in [6.07, 6.45) is 2.13. The van der Waals surface area contributed by atoms with Gasteiger partial charge in [0.2, 0.25) is 5.91 Å². The number of Topliss-reactive ketones (excluding diaryl/α,β-unsaturated/α-hetero) is 1. The number of nitrogens with one attached hydrogen (secondary N) is 1. The molecule has 0 fully saturated rings. The van der Waals surface area contributed by atoms with Gasteiger partial charge in [0.25, 0.3) is 0 Å². The van der Waals surface area contributed by atoms with Gasteiger partial charge in [-0.25, -0.2) is 0 Å². The van der Waals surface area contributed by atoms with Crippen LogP contribution in [0.3, 0.4) is 0 Å². The molecule has 8 heteroatoms. The van der Waals surface area contributed by atoms with E-state index in [9.17, 15) is 22.8 Å². The number of aryl methyl sites for hydroxylation is 1. The second-order valence-corrected chi connectivity index (χ2v) is 6.07. The molecule has 0 aliphatic rings. The van der Waals surface area contributed by atoms with Crippen molar-refractivity contribution < 1.29 is 22.8 Å². The minimum Gasteiger partial charge on any atom is -0.306 e. The Kier molecular flexibility index (Phi) is 6.92. The van der Waals surface area contributed by atoms with Crippen LogP contribution in [0.25, 0.3) is 6.08 Å². The predicted molar refractivity (Wildman–Crippen MR) is 95.9 cm³/mol. The van der Waals surface area contributed by atoms with Crippen molar-refractivity contribution >= 4 is 23.6 Å². The standard InChI is InChI=1S/C19H20F3N3O2/c1-14(26)4-2-3-12-25-13-11-17(24-25)23-18(27)10-7-15-5-8-16(9-6-15)19(20,21)22/h5-11,13H,2-4,12H2,1H3,(H,23,24,27)/b10-7+. The largest absolute Gasteiger partial charge is 0.416 e. The molecule has 0 aliphatic carbocycles. The molecule has 0 saturated carbocycles. The highest BCUT2D eigenvalue weighted by Crippen LogP contribution is 2.29. The van der Waals surface area contributed by atoms with Gasteiger partial charge in [0.15, 0.2) is 5.82 Å². The third-order valence-electron chi connectivity index (χ3n) is 3.72. The lowest BCUT2D eigenvalue weighted by atomic mass is 10.1. The fourth-order valence-electron chi connectivity index (χ4n) is 2.32. The number of anilines is 1. The average molecular weight is 379 g/mol. The highest BCUT2D eigenvalue weighted by Gasteiger charge is 2.29. The topological polar surface area (TPSA) is 64.0 Å². The van der Waals surface area contributed by atoms with Crippen LogP contribution in [0.1, 0.15) is 37.3 Å². The second-order valence-electron chi connectivity index (χ2n) is 6.07. The van der Waals surface area contributed by atoms with Crippen LogP contribution in [0.15, 0.2) is 42.6 Å². The van der Waals surface area contributed by atoms with Gasteiger partial charge in [-0.05, 0) is 43.5 Å². The first kappa shape index (κ1) is 20.4. The van der Waals surface area contributed by atoms with Crippen molar-refractivity contribution in [1.29, 1.82) is 0 Å². The van der Waals surface area contributed by atoms with Gasteiger partial charge in [0, 0.05) is 31.3 Å². The van der Waals surface area contributed by atoms with Gasteiger partial charge in [-0.15, -0.1) is 0 Å². The maximum absolute atomic E-state index is 12.5. The van der Waals surface area contributed by atoms with Crippen LogP contribution >= 0.6 is 0 Å². The molecule has 1 heterocycles. The van der Waals surface area contributed by atoms with Crippen LogP contribution in [0, 0.1) is 0 Å². The van der Waals surface area contributed by atoms with Gasteiger partial charge < -0.3 is 10.1 Å². The van der Waals surface area contributed by atoms with Crippen LogP contribution in [-0.4, -0.2) is 21.5 Å². The number of alkyl halides is 3. The fourth-order valence-corrected chi connectivity index (χ4v) is 2.32. The summed E-state index contributed by atoms with van der Waals surface area (Å²) < 4.78 is 39.2. The van der Waals surface area contributed by atoms with E-state index >= 15 is 0 Å². The van der Waals surface area contributed by atoms with Crippen LogP contribution in [-0.2, 0) is 22.3 Å². The van der Waals surface area contributed by atoms with Crippen molar-refractivity contribution in [2.75, 3.05) is 5.32 Å². The van der Waals surface area contributed by atoms with Gasteiger partial charge in [-0.2, -0.15) is 18.3 Å². The fraction of sp³-hybridized carbons (Fsp3) is 0.316. The first-order chi connectivity index (χ1) is 12.7. The molecule has 0 bridgehead atoms. The van der Waals surface area contributed by atoms with Crippen LogP contribution in [0.5, 0.6) is 0 Å². The molecule has 0 spiro atoms. The van der Waals surface area contributed by atoms with Crippen molar-refractivity contribution in [3.63, 3.8) is 0 Å². The monoisotopic (exact) mass is 379 g/mol. The first-order valence-electron chi connectivity index (χ1n) is 8.43. The lowest BCUT2D eigenvalue weighted by molar-refractivity contribution is -0.137.